The number of anilines is 2. The molecule has 0 spiro atoms. The number of hydrogen-bond donors (Lipinski definition) is 3. The van der Waals surface area contributed by atoms with E-state index in [2.05, 4.69) is 27.5 Å². The molecule has 1 atom stereocenters. The monoisotopic (exact) mass is 180 g/mol. The second kappa shape index (κ2) is 2.76. The molecule has 1 aromatic rings. The zero-order chi connectivity index (χ0) is 9.42. The van der Waals surface area contributed by atoms with E-state index < -0.39 is 0 Å². The first kappa shape index (κ1) is 8.10. The van der Waals surface area contributed by atoms with Crippen LogP contribution in [0.5, 0.6) is 0 Å². The average molecular weight is 180 g/mol. The van der Waals surface area contributed by atoms with Gasteiger partial charge in [-0.1, -0.05) is 0 Å². The summed E-state index contributed by atoms with van der Waals surface area (Å²) in [7, 11) is 0. The first-order chi connectivity index (χ1) is 6.16. The lowest BCUT2D eigenvalue weighted by atomic mass is 10.2. The molecule has 0 saturated carbocycles. The van der Waals surface area contributed by atoms with Crippen LogP contribution in [0.3, 0.4) is 0 Å². The highest BCUT2D eigenvalue weighted by Crippen LogP contribution is 2.23. The van der Waals surface area contributed by atoms with Crippen molar-refractivity contribution >= 4 is 11.5 Å². The quantitative estimate of drug-likeness (QED) is 0.537. The fourth-order valence-corrected chi connectivity index (χ4v) is 1.44. The van der Waals surface area contributed by atoms with Crippen LogP contribution < -0.4 is 16.3 Å². The maximum atomic E-state index is 11.0. The third-order valence-corrected chi connectivity index (χ3v) is 2.09. The van der Waals surface area contributed by atoms with Crippen LogP contribution in [0.15, 0.2) is 4.79 Å². The number of aromatic amines is 1. The molecule has 5 nitrogen and oxygen atoms in total. The molecule has 0 saturated heterocycles. The summed E-state index contributed by atoms with van der Waals surface area (Å²) >= 11 is 0. The van der Waals surface area contributed by atoms with Crippen molar-refractivity contribution in [2.75, 3.05) is 17.2 Å². The van der Waals surface area contributed by atoms with Gasteiger partial charge in [0.15, 0.2) is 5.82 Å². The Kier molecular flexibility index (Phi) is 1.72. The van der Waals surface area contributed by atoms with Gasteiger partial charge in [0, 0.05) is 18.3 Å². The lowest BCUT2D eigenvalue weighted by Gasteiger charge is -2.25. The molecule has 70 valence electrons. The van der Waals surface area contributed by atoms with Crippen LogP contribution in [0.2, 0.25) is 0 Å². The van der Waals surface area contributed by atoms with Crippen molar-refractivity contribution in [3.63, 3.8) is 0 Å². The fraction of sp³-hybridized carbons (Fsp3) is 0.500. The van der Waals surface area contributed by atoms with Gasteiger partial charge >= 0.3 is 5.69 Å². The Morgan fingerprint density at radius 2 is 2.31 bits per heavy atom. The number of nitrogens with one attached hydrogen (secondary N) is 3. The van der Waals surface area contributed by atoms with Gasteiger partial charge in [-0.15, -0.1) is 0 Å². The summed E-state index contributed by atoms with van der Waals surface area (Å²) in [5.74, 6) is 0.652. The van der Waals surface area contributed by atoms with Crippen molar-refractivity contribution < 1.29 is 0 Å². The van der Waals surface area contributed by atoms with E-state index in [1.54, 1.807) is 0 Å². The highest BCUT2D eigenvalue weighted by Gasteiger charge is 2.16. The van der Waals surface area contributed by atoms with Crippen LogP contribution in [0, 0.1) is 6.92 Å². The summed E-state index contributed by atoms with van der Waals surface area (Å²) < 4.78 is 0. The summed E-state index contributed by atoms with van der Waals surface area (Å²) in [5.41, 5.74) is 1.42. The van der Waals surface area contributed by atoms with Crippen molar-refractivity contribution in [3.05, 3.63) is 16.2 Å². The Bertz CT molecular complexity index is 384. The summed E-state index contributed by atoms with van der Waals surface area (Å²) in [4.78, 5) is 17.5. The molecule has 2 heterocycles. The molecule has 0 radical (unpaired) electrons. The fourth-order valence-electron chi connectivity index (χ4n) is 1.44. The number of nitrogens with zero attached hydrogens (tertiary/aromatic N) is 1. The minimum atomic E-state index is -0.305. The lowest BCUT2D eigenvalue weighted by molar-refractivity contribution is 0.798. The van der Waals surface area contributed by atoms with Gasteiger partial charge in [-0.05, 0) is 13.8 Å². The molecular formula is C8H12N4O. The Balaban J connectivity index is 2.53. The predicted octanol–water partition coefficient (Wildman–Crippen LogP) is 0.304. The summed E-state index contributed by atoms with van der Waals surface area (Å²) in [6, 6.07) is 0.360. The molecule has 1 aromatic heterocycles. The average Bonchev–Trinajstić information content (AvgIpc) is 2.06. The molecule has 2 rings (SSSR count). The van der Waals surface area contributed by atoms with E-state index in [-0.39, 0.29) is 5.69 Å². The number of aryl methyl sites for hydroxylation is 1. The maximum Gasteiger partial charge on any atom is 0.347 e. The Hall–Kier alpha value is -1.52. The normalized spacial score (nSPS) is 20.0. The molecule has 0 amide bonds. The van der Waals surface area contributed by atoms with E-state index in [0.29, 0.717) is 11.9 Å². The zero-order valence-electron chi connectivity index (χ0n) is 7.64. The van der Waals surface area contributed by atoms with E-state index >= 15 is 0 Å². The molecule has 0 fully saturated rings. The SMILES string of the molecule is Cc1[nH]c(=O)nc2c1NC(C)CN2. The van der Waals surface area contributed by atoms with Gasteiger partial charge < -0.3 is 15.6 Å². The van der Waals surface area contributed by atoms with Crippen LogP contribution in [0.4, 0.5) is 11.5 Å². The van der Waals surface area contributed by atoms with E-state index in [9.17, 15) is 4.79 Å². The van der Waals surface area contributed by atoms with Gasteiger partial charge in [-0.3, -0.25) is 0 Å². The molecule has 13 heavy (non-hydrogen) atoms. The van der Waals surface area contributed by atoms with Crippen molar-refractivity contribution in [1.82, 2.24) is 9.97 Å². The number of aromatic nitrogens is 2. The molecule has 0 bridgehead atoms. The van der Waals surface area contributed by atoms with Gasteiger partial charge in [-0.25, -0.2) is 4.79 Å². The third kappa shape index (κ3) is 1.37. The van der Waals surface area contributed by atoms with Crippen LogP contribution >= 0.6 is 0 Å². The van der Waals surface area contributed by atoms with Crippen molar-refractivity contribution in [2.24, 2.45) is 0 Å². The molecular weight excluding hydrogens is 168 g/mol. The molecule has 1 aliphatic heterocycles. The van der Waals surface area contributed by atoms with Gasteiger partial charge in [0.1, 0.15) is 0 Å². The van der Waals surface area contributed by atoms with Crippen LogP contribution in [-0.4, -0.2) is 22.6 Å². The second-order valence-corrected chi connectivity index (χ2v) is 3.32. The second-order valence-electron chi connectivity index (χ2n) is 3.32. The van der Waals surface area contributed by atoms with Gasteiger partial charge in [0.2, 0.25) is 0 Å². The number of hydrogen-bond acceptors (Lipinski definition) is 4. The number of fused-ring (bicyclic) bond motifs is 1. The topological polar surface area (TPSA) is 69.8 Å². The van der Waals surface area contributed by atoms with Gasteiger partial charge in [0.05, 0.1) is 5.69 Å². The smallest absolute Gasteiger partial charge is 0.347 e. The van der Waals surface area contributed by atoms with Crippen molar-refractivity contribution in [3.8, 4) is 0 Å². The van der Waals surface area contributed by atoms with Crippen LogP contribution in [0.1, 0.15) is 12.6 Å². The molecule has 0 aliphatic carbocycles. The third-order valence-electron chi connectivity index (χ3n) is 2.09. The molecule has 0 aromatic carbocycles. The first-order valence-electron chi connectivity index (χ1n) is 4.28. The summed E-state index contributed by atoms with van der Waals surface area (Å²) in [6.07, 6.45) is 0. The molecule has 5 heteroatoms. The summed E-state index contributed by atoms with van der Waals surface area (Å²) in [6.45, 7) is 4.72. The van der Waals surface area contributed by atoms with E-state index in [1.165, 1.54) is 0 Å². The number of rotatable bonds is 0. The minimum absolute atomic E-state index is 0.305. The molecule has 1 unspecified atom stereocenters. The Morgan fingerprint density at radius 3 is 3.08 bits per heavy atom. The van der Waals surface area contributed by atoms with Crippen LogP contribution in [-0.2, 0) is 0 Å². The summed E-state index contributed by atoms with van der Waals surface area (Å²) in [5, 5.41) is 6.36. The minimum Gasteiger partial charge on any atom is -0.376 e. The van der Waals surface area contributed by atoms with E-state index in [1.807, 2.05) is 6.92 Å². The predicted molar refractivity (Wildman–Crippen MR) is 51.2 cm³/mol. The Morgan fingerprint density at radius 1 is 1.54 bits per heavy atom. The van der Waals surface area contributed by atoms with Crippen LogP contribution in [0.25, 0.3) is 0 Å². The maximum absolute atomic E-state index is 11.0. The Labute approximate surface area is 75.6 Å². The highest BCUT2D eigenvalue weighted by molar-refractivity contribution is 5.68. The largest absolute Gasteiger partial charge is 0.376 e. The lowest BCUT2D eigenvalue weighted by Crippen LogP contribution is -2.33. The number of H-pyrrole nitrogens is 1. The highest BCUT2D eigenvalue weighted by atomic mass is 16.1. The molecule has 1 aliphatic rings. The van der Waals surface area contributed by atoms with E-state index in [0.717, 1.165) is 17.9 Å². The van der Waals surface area contributed by atoms with E-state index in [4.69, 9.17) is 0 Å². The zero-order valence-corrected chi connectivity index (χ0v) is 7.64. The standard InChI is InChI=1S/C8H12N4O/c1-4-3-9-7-6(10-4)5(2)11-8(13)12-7/h4,10H,3H2,1-2H3,(H2,9,11,12,13). The van der Waals surface area contributed by atoms with Gasteiger partial charge in [0.25, 0.3) is 0 Å². The van der Waals surface area contributed by atoms with Gasteiger partial charge in [-0.2, -0.15) is 4.98 Å². The first-order valence-corrected chi connectivity index (χ1v) is 4.28. The molecule has 3 N–H and O–H groups in total. The van der Waals surface area contributed by atoms with Crippen molar-refractivity contribution in [1.29, 1.82) is 0 Å². The van der Waals surface area contributed by atoms with Crippen molar-refractivity contribution in [2.45, 2.75) is 19.9 Å².